The first-order chi connectivity index (χ1) is 10.8. The van der Waals surface area contributed by atoms with Crippen molar-refractivity contribution in [2.24, 2.45) is 0 Å². The topological polar surface area (TPSA) is 103 Å². The van der Waals surface area contributed by atoms with Gasteiger partial charge in [0.1, 0.15) is 0 Å². The van der Waals surface area contributed by atoms with E-state index >= 15 is 0 Å². The second kappa shape index (κ2) is 13.6. The Labute approximate surface area is 147 Å². The third-order valence-electron chi connectivity index (χ3n) is 2.30. The fourth-order valence-corrected chi connectivity index (χ4v) is 2.18. The van der Waals surface area contributed by atoms with Crippen LogP contribution in [0.1, 0.15) is 13.8 Å². The highest BCUT2D eigenvalue weighted by Gasteiger charge is 2.15. The molecule has 0 aliphatic heterocycles. The van der Waals surface area contributed by atoms with Gasteiger partial charge in [0.05, 0.1) is 52.0 Å². The van der Waals surface area contributed by atoms with E-state index in [1.807, 2.05) is 13.8 Å². The Kier molecular flexibility index (Phi) is 13.8. The Morgan fingerprint density at radius 1 is 1.00 bits per heavy atom. The van der Waals surface area contributed by atoms with Gasteiger partial charge in [-0.15, -0.1) is 0 Å². The van der Waals surface area contributed by atoms with E-state index in [0.717, 1.165) is 5.75 Å². The van der Waals surface area contributed by atoms with Crippen molar-refractivity contribution in [2.45, 2.75) is 19.4 Å². The van der Waals surface area contributed by atoms with Crippen molar-refractivity contribution >= 4 is 33.9 Å². The van der Waals surface area contributed by atoms with Crippen molar-refractivity contribution in [1.29, 1.82) is 0 Å². The summed E-state index contributed by atoms with van der Waals surface area (Å²) in [6, 6.07) is 0. The van der Waals surface area contributed by atoms with Crippen LogP contribution >= 0.6 is 23.8 Å². The van der Waals surface area contributed by atoms with Gasteiger partial charge >= 0.3 is 0 Å². The van der Waals surface area contributed by atoms with Gasteiger partial charge in [-0.25, -0.2) is 4.84 Å². The lowest BCUT2D eigenvalue weighted by Gasteiger charge is -2.20. The van der Waals surface area contributed by atoms with Crippen LogP contribution in [-0.4, -0.2) is 76.3 Å². The van der Waals surface area contributed by atoms with Crippen LogP contribution in [0.25, 0.3) is 0 Å². The molecular formula is C12H26ClNO7S2. The Hall–Kier alpha value is 0.350. The second-order valence-corrected chi connectivity index (χ2v) is 7.71. The lowest BCUT2D eigenvalue weighted by atomic mass is 10.1. The first kappa shape index (κ1) is 23.4. The Morgan fingerprint density at radius 3 is 1.96 bits per heavy atom. The molecule has 23 heavy (non-hydrogen) atoms. The molecule has 0 aromatic carbocycles. The van der Waals surface area contributed by atoms with E-state index in [0.29, 0.717) is 33.0 Å². The van der Waals surface area contributed by atoms with Gasteiger partial charge in [-0.3, -0.25) is 4.55 Å². The van der Waals surface area contributed by atoms with E-state index in [1.54, 1.807) is 0 Å². The Morgan fingerprint density at radius 2 is 1.48 bits per heavy atom. The zero-order chi connectivity index (χ0) is 17.6. The molecule has 0 aromatic rings. The third-order valence-corrected chi connectivity index (χ3v) is 4.67. The van der Waals surface area contributed by atoms with E-state index in [1.165, 1.54) is 12.0 Å². The van der Waals surface area contributed by atoms with E-state index in [-0.39, 0.29) is 18.8 Å². The van der Waals surface area contributed by atoms with Gasteiger partial charge in [-0.2, -0.15) is 8.42 Å². The van der Waals surface area contributed by atoms with Crippen molar-refractivity contribution in [3.05, 3.63) is 0 Å². The number of nitrogens with one attached hydrogen (secondary N) is 1. The Bertz CT molecular complexity index is 382. The van der Waals surface area contributed by atoms with Gasteiger partial charge in [0.2, 0.25) is 0 Å². The minimum Gasteiger partial charge on any atom is -0.378 e. The van der Waals surface area contributed by atoms with Crippen LogP contribution < -0.4 is 4.84 Å². The van der Waals surface area contributed by atoms with Crippen molar-refractivity contribution < 1.29 is 31.4 Å². The van der Waals surface area contributed by atoms with Gasteiger partial charge in [-0.1, -0.05) is 0 Å². The van der Waals surface area contributed by atoms with Crippen LogP contribution in [0.3, 0.4) is 0 Å². The SMILES string of the molecule is CC(C)(CSOCCOCCOCCOCCS(=O)(=O)O)NCl. The van der Waals surface area contributed by atoms with Gasteiger partial charge in [0.25, 0.3) is 10.1 Å². The third kappa shape index (κ3) is 18.5. The predicted molar refractivity (Wildman–Crippen MR) is 90.4 cm³/mol. The minimum atomic E-state index is -3.96. The van der Waals surface area contributed by atoms with Gasteiger partial charge in [-0.05, 0) is 37.7 Å². The highest BCUT2D eigenvalue weighted by molar-refractivity contribution is 7.94. The summed E-state index contributed by atoms with van der Waals surface area (Å²) in [6.07, 6.45) is 0. The molecule has 0 amide bonds. The second-order valence-electron chi connectivity index (χ2n) is 5.19. The first-order valence-corrected chi connectivity index (χ1v) is 9.97. The van der Waals surface area contributed by atoms with Gasteiger partial charge in [0, 0.05) is 11.3 Å². The molecule has 0 fully saturated rings. The average Bonchev–Trinajstić information content (AvgIpc) is 2.46. The molecule has 0 heterocycles. The zero-order valence-electron chi connectivity index (χ0n) is 13.5. The molecule has 0 aliphatic rings. The average molecular weight is 396 g/mol. The van der Waals surface area contributed by atoms with Crippen LogP contribution in [0, 0.1) is 0 Å². The summed E-state index contributed by atoms with van der Waals surface area (Å²) >= 11 is 6.89. The first-order valence-electron chi connectivity index (χ1n) is 7.07. The molecule has 0 rings (SSSR count). The molecule has 0 bridgehead atoms. The number of ether oxygens (including phenoxy) is 3. The lowest BCUT2D eigenvalue weighted by molar-refractivity contribution is 0.0126. The van der Waals surface area contributed by atoms with Crippen molar-refractivity contribution in [3.63, 3.8) is 0 Å². The summed E-state index contributed by atoms with van der Waals surface area (Å²) in [4.78, 5) is 2.66. The normalized spacial score (nSPS) is 12.7. The number of hydrogen-bond acceptors (Lipinski definition) is 8. The molecule has 11 heteroatoms. The molecule has 2 N–H and O–H groups in total. The van der Waals surface area contributed by atoms with E-state index < -0.39 is 15.9 Å². The lowest BCUT2D eigenvalue weighted by Crippen LogP contribution is -2.35. The quantitative estimate of drug-likeness (QED) is 0.172. The summed E-state index contributed by atoms with van der Waals surface area (Å²) in [7, 11) is -3.96. The molecule has 0 saturated carbocycles. The maximum Gasteiger partial charge on any atom is 0.267 e. The molecule has 0 saturated heterocycles. The summed E-state index contributed by atoms with van der Waals surface area (Å²) in [5.41, 5.74) is -0.190. The summed E-state index contributed by atoms with van der Waals surface area (Å²) in [6.45, 7) is 6.28. The minimum absolute atomic E-state index is 0.0518. The van der Waals surface area contributed by atoms with Crippen LogP contribution in [0.5, 0.6) is 0 Å². The van der Waals surface area contributed by atoms with Crippen molar-refractivity contribution in [3.8, 4) is 0 Å². The van der Waals surface area contributed by atoms with E-state index in [2.05, 4.69) is 4.84 Å². The molecule has 8 nitrogen and oxygen atoms in total. The molecule has 0 radical (unpaired) electrons. The van der Waals surface area contributed by atoms with Gasteiger partial charge in [0.15, 0.2) is 0 Å². The number of halogens is 1. The highest BCUT2D eigenvalue weighted by Crippen LogP contribution is 2.13. The standard InChI is InChI=1S/C12H26ClNO7S2/c1-12(2,14-13)11-22-21-8-7-19-4-3-18-5-6-20-9-10-23(15,16)17/h14H,3-11H2,1-2H3,(H,15,16,17). The van der Waals surface area contributed by atoms with Crippen LogP contribution in [0.2, 0.25) is 0 Å². The van der Waals surface area contributed by atoms with Crippen molar-refractivity contribution in [1.82, 2.24) is 4.84 Å². The summed E-state index contributed by atoms with van der Waals surface area (Å²) < 4.78 is 50.1. The van der Waals surface area contributed by atoms with E-state index in [4.69, 9.17) is 34.7 Å². The van der Waals surface area contributed by atoms with Crippen LogP contribution in [-0.2, 0) is 28.5 Å². The van der Waals surface area contributed by atoms with Gasteiger partial charge < -0.3 is 18.4 Å². The fraction of sp³-hybridized carbons (Fsp3) is 1.00. The van der Waals surface area contributed by atoms with Crippen molar-refractivity contribution in [2.75, 3.05) is 57.8 Å². The Balaban J connectivity index is 3.17. The monoisotopic (exact) mass is 395 g/mol. The molecule has 0 aliphatic carbocycles. The number of hydrogen-bond donors (Lipinski definition) is 2. The maximum atomic E-state index is 10.4. The molecule has 0 atom stereocenters. The molecule has 0 unspecified atom stereocenters. The van der Waals surface area contributed by atoms with Crippen LogP contribution in [0.4, 0.5) is 0 Å². The predicted octanol–water partition coefficient (Wildman–Crippen LogP) is 1.11. The molecular weight excluding hydrogens is 370 g/mol. The molecule has 140 valence electrons. The largest absolute Gasteiger partial charge is 0.378 e. The zero-order valence-corrected chi connectivity index (χ0v) is 15.8. The summed E-state index contributed by atoms with van der Waals surface area (Å²) in [5.74, 6) is 0.309. The number of rotatable bonds is 16. The fourth-order valence-electron chi connectivity index (χ4n) is 1.07. The highest BCUT2D eigenvalue weighted by atomic mass is 35.5. The molecule has 0 spiro atoms. The molecule has 0 aromatic heterocycles. The maximum absolute atomic E-state index is 10.4. The van der Waals surface area contributed by atoms with Crippen LogP contribution in [0.15, 0.2) is 0 Å². The summed E-state index contributed by atoms with van der Waals surface area (Å²) in [5, 5.41) is 0. The smallest absolute Gasteiger partial charge is 0.267 e. The van der Waals surface area contributed by atoms with E-state index in [9.17, 15) is 8.42 Å².